The van der Waals surface area contributed by atoms with Crippen LogP contribution in [0.3, 0.4) is 0 Å². The van der Waals surface area contributed by atoms with E-state index in [9.17, 15) is 9.59 Å². The minimum Gasteiger partial charge on any atom is -0.347 e. The summed E-state index contributed by atoms with van der Waals surface area (Å²) >= 11 is 0. The molecule has 0 atom stereocenters. The molecule has 0 saturated heterocycles. The Morgan fingerprint density at radius 3 is 2.61 bits per heavy atom. The summed E-state index contributed by atoms with van der Waals surface area (Å²) in [4.78, 5) is 27.8. The minimum atomic E-state index is -0.376. The zero-order chi connectivity index (χ0) is 17.0. The summed E-state index contributed by atoms with van der Waals surface area (Å²) in [5.74, 6) is 0.297. The predicted molar refractivity (Wildman–Crippen MR) is 82.3 cm³/mol. The van der Waals surface area contributed by atoms with Gasteiger partial charge in [-0.2, -0.15) is 4.98 Å². The number of nitrogens with zero attached hydrogens (tertiary/aromatic N) is 3. The van der Waals surface area contributed by atoms with Gasteiger partial charge >= 0.3 is 0 Å². The van der Waals surface area contributed by atoms with Crippen LogP contribution in [0.1, 0.15) is 49.4 Å². The monoisotopic (exact) mass is 319 g/mol. The van der Waals surface area contributed by atoms with E-state index in [4.69, 9.17) is 4.52 Å². The Balaban J connectivity index is 1.78. The number of hydrogen-bond donors (Lipinski definition) is 2. The van der Waals surface area contributed by atoms with Gasteiger partial charge in [0.2, 0.25) is 11.8 Å². The van der Waals surface area contributed by atoms with Gasteiger partial charge in [0.05, 0.1) is 0 Å². The lowest BCUT2D eigenvalue weighted by Crippen LogP contribution is -2.42. The van der Waals surface area contributed by atoms with E-state index in [0.29, 0.717) is 23.8 Å². The Bertz CT molecular complexity index is 696. The van der Waals surface area contributed by atoms with Crippen molar-refractivity contribution in [2.45, 2.75) is 39.0 Å². The number of hydrogen-bond acceptors (Lipinski definition) is 5. The molecule has 0 aromatic carbocycles. The Morgan fingerprint density at radius 1 is 1.30 bits per heavy atom. The normalized spacial score (nSPS) is 11.3. The maximum absolute atomic E-state index is 11.8. The van der Waals surface area contributed by atoms with E-state index in [-0.39, 0.29) is 23.7 Å². The average Bonchev–Trinajstić information content (AvgIpc) is 3.10. The molecule has 2 heterocycles. The van der Waals surface area contributed by atoms with Crippen molar-refractivity contribution in [1.29, 1.82) is 0 Å². The standard InChI is InChI=1S/C15H21N5O3/c1-15(2,3)14-16-12(23-19-14)8-7-11(21)17-18-13(22)10-6-5-9-20(10)4/h5-6,9H,7-8H2,1-4H3,(H,17,21)(H,18,22). The second-order valence-electron chi connectivity index (χ2n) is 6.27. The number of amides is 2. The Kier molecular flexibility index (Phi) is 4.83. The van der Waals surface area contributed by atoms with Gasteiger partial charge in [-0.05, 0) is 12.1 Å². The summed E-state index contributed by atoms with van der Waals surface area (Å²) in [6.45, 7) is 5.94. The van der Waals surface area contributed by atoms with Crippen molar-refractivity contribution >= 4 is 11.8 Å². The van der Waals surface area contributed by atoms with E-state index in [1.54, 1.807) is 29.9 Å². The molecule has 0 aliphatic heterocycles. The van der Waals surface area contributed by atoms with Gasteiger partial charge in [0.25, 0.3) is 5.91 Å². The number of aromatic nitrogens is 3. The molecule has 2 rings (SSSR count). The van der Waals surface area contributed by atoms with Gasteiger partial charge < -0.3 is 9.09 Å². The quantitative estimate of drug-likeness (QED) is 0.822. The first-order valence-corrected chi connectivity index (χ1v) is 7.31. The first-order valence-electron chi connectivity index (χ1n) is 7.31. The van der Waals surface area contributed by atoms with Gasteiger partial charge in [-0.3, -0.25) is 20.4 Å². The molecule has 0 aliphatic carbocycles. The SMILES string of the molecule is Cn1cccc1C(=O)NNC(=O)CCc1nc(C(C)(C)C)no1. The van der Waals surface area contributed by atoms with Gasteiger partial charge in [-0.25, -0.2) is 0 Å². The molecule has 2 N–H and O–H groups in total. The molecule has 2 aromatic heterocycles. The summed E-state index contributed by atoms with van der Waals surface area (Å²) in [5.41, 5.74) is 4.98. The van der Waals surface area contributed by atoms with Crippen molar-refractivity contribution in [3.8, 4) is 0 Å². The van der Waals surface area contributed by atoms with E-state index in [0.717, 1.165) is 0 Å². The van der Waals surface area contributed by atoms with Crippen LogP contribution in [0, 0.1) is 0 Å². The van der Waals surface area contributed by atoms with Crippen molar-refractivity contribution < 1.29 is 14.1 Å². The molecule has 8 heteroatoms. The molecule has 23 heavy (non-hydrogen) atoms. The van der Waals surface area contributed by atoms with Gasteiger partial charge in [-0.15, -0.1) is 0 Å². The second-order valence-corrected chi connectivity index (χ2v) is 6.27. The lowest BCUT2D eigenvalue weighted by molar-refractivity contribution is -0.121. The fourth-order valence-electron chi connectivity index (χ4n) is 1.83. The highest BCUT2D eigenvalue weighted by molar-refractivity contribution is 5.94. The number of hydrazine groups is 1. The van der Waals surface area contributed by atoms with Crippen LogP contribution in [0.2, 0.25) is 0 Å². The third-order valence-corrected chi connectivity index (χ3v) is 3.20. The molecular weight excluding hydrogens is 298 g/mol. The van der Waals surface area contributed by atoms with Crippen LogP contribution in [0.15, 0.2) is 22.9 Å². The smallest absolute Gasteiger partial charge is 0.286 e. The highest BCUT2D eigenvalue weighted by Gasteiger charge is 2.21. The Labute approximate surface area is 134 Å². The summed E-state index contributed by atoms with van der Waals surface area (Å²) in [6, 6.07) is 3.41. The largest absolute Gasteiger partial charge is 0.347 e. The first-order chi connectivity index (χ1) is 10.8. The molecule has 0 radical (unpaired) electrons. The third-order valence-electron chi connectivity index (χ3n) is 3.20. The Morgan fingerprint density at radius 2 is 2.04 bits per heavy atom. The maximum atomic E-state index is 11.8. The van der Waals surface area contributed by atoms with Crippen LogP contribution in [-0.4, -0.2) is 26.5 Å². The van der Waals surface area contributed by atoms with E-state index in [1.807, 2.05) is 20.8 Å². The van der Waals surface area contributed by atoms with Gasteiger partial charge in [0.1, 0.15) is 5.69 Å². The predicted octanol–water partition coefficient (Wildman–Crippen LogP) is 1.10. The highest BCUT2D eigenvalue weighted by atomic mass is 16.5. The van der Waals surface area contributed by atoms with E-state index in [1.165, 1.54) is 0 Å². The molecule has 0 fully saturated rings. The Hall–Kier alpha value is -2.64. The van der Waals surface area contributed by atoms with Crippen molar-refractivity contribution in [2.24, 2.45) is 7.05 Å². The van der Waals surface area contributed by atoms with Gasteiger partial charge in [-0.1, -0.05) is 25.9 Å². The van der Waals surface area contributed by atoms with Crippen LogP contribution in [-0.2, 0) is 23.7 Å². The molecule has 0 unspecified atom stereocenters. The zero-order valence-electron chi connectivity index (χ0n) is 13.7. The summed E-state index contributed by atoms with van der Waals surface area (Å²) in [5, 5.41) is 3.89. The van der Waals surface area contributed by atoms with Crippen LogP contribution < -0.4 is 10.9 Å². The third kappa shape index (κ3) is 4.41. The summed E-state index contributed by atoms with van der Waals surface area (Å²) < 4.78 is 6.77. The van der Waals surface area contributed by atoms with Gasteiger partial charge in [0.15, 0.2) is 5.82 Å². The molecule has 0 saturated carbocycles. The van der Waals surface area contributed by atoms with E-state index in [2.05, 4.69) is 21.0 Å². The molecule has 124 valence electrons. The lowest BCUT2D eigenvalue weighted by Gasteiger charge is -2.10. The topological polar surface area (TPSA) is 102 Å². The number of rotatable bonds is 4. The molecule has 2 amide bonds. The number of nitrogens with one attached hydrogen (secondary N) is 2. The number of aryl methyl sites for hydroxylation is 2. The maximum Gasteiger partial charge on any atom is 0.286 e. The molecular formula is C15H21N5O3. The van der Waals surface area contributed by atoms with Crippen molar-refractivity contribution in [3.63, 3.8) is 0 Å². The molecule has 0 bridgehead atoms. The minimum absolute atomic E-state index is 0.138. The van der Waals surface area contributed by atoms with Crippen molar-refractivity contribution in [2.75, 3.05) is 0 Å². The number of carbonyl (C=O) groups excluding carboxylic acids is 2. The highest BCUT2D eigenvalue weighted by Crippen LogP contribution is 2.18. The molecule has 2 aromatic rings. The van der Waals surface area contributed by atoms with Crippen LogP contribution in [0.4, 0.5) is 0 Å². The fraction of sp³-hybridized carbons (Fsp3) is 0.467. The van der Waals surface area contributed by atoms with Crippen LogP contribution >= 0.6 is 0 Å². The fourth-order valence-corrected chi connectivity index (χ4v) is 1.83. The number of carbonyl (C=O) groups is 2. The molecule has 8 nitrogen and oxygen atoms in total. The van der Waals surface area contributed by atoms with Gasteiger partial charge in [0, 0.05) is 31.5 Å². The summed E-state index contributed by atoms with van der Waals surface area (Å²) in [7, 11) is 1.75. The molecule has 0 aliphatic rings. The average molecular weight is 319 g/mol. The summed E-state index contributed by atoms with van der Waals surface area (Å²) in [6.07, 6.45) is 2.20. The zero-order valence-corrected chi connectivity index (χ0v) is 13.7. The van der Waals surface area contributed by atoms with Crippen molar-refractivity contribution in [3.05, 3.63) is 35.7 Å². The van der Waals surface area contributed by atoms with Crippen molar-refractivity contribution in [1.82, 2.24) is 25.6 Å². The van der Waals surface area contributed by atoms with Crippen LogP contribution in [0.25, 0.3) is 0 Å². The van der Waals surface area contributed by atoms with Crippen LogP contribution in [0.5, 0.6) is 0 Å². The van der Waals surface area contributed by atoms with E-state index >= 15 is 0 Å². The van der Waals surface area contributed by atoms with E-state index < -0.39 is 0 Å². The molecule has 0 spiro atoms. The first kappa shape index (κ1) is 16.7. The second kappa shape index (κ2) is 6.64. The lowest BCUT2D eigenvalue weighted by atomic mass is 9.96.